The van der Waals surface area contributed by atoms with Crippen LogP contribution in [0.4, 0.5) is 49.4 Å². The molecule has 4 aliphatic heterocycles. The number of carboxylic acids is 1. The number of nitrogens with one attached hydrogen (secondary N) is 2. The molecule has 0 unspecified atom stereocenters. The van der Waals surface area contributed by atoms with Crippen molar-refractivity contribution in [3.05, 3.63) is 32.5 Å². The number of carboxylic acid groups (broad SMARTS) is 1. The number of hydrogen-bond acceptors (Lipinski definition) is 9. The quantitative estimate of drug-likeness (QED) is 0.237. The molecular weight excluding hydrogens is 720 g/mol. The zero-order chi connectivity index (χ0) is 31.7. The highest BCUT2D eigenvalue weighted by atomic mass is 79.9. The van der Waals surface area contributed by atoms with Crippen LogP contribution in [0.2, 0.25) is 0 Å². The van der Waals surface area contributed by atoms with Gasteiger partial charge in [0.05, 0.1) is 28.8 Å². The highest BCUT2D eigenvalue weighted by molar-refractivity contribution is 9.10. The molecule has 6 heterocycles. The number of fused-ring (bicyclic) bond motifs is 8. The second-order valence-electron chi connectivity index (χ2n) is 10.2. The Balaban J connectivity index is 0.000000170. The molecule has 0 aliphatic carbocycles. The topological polar surface area (TPSA) is 137 Å². The summed E-state index contributed by atoms with van der Waals surface area (Å²) >= 11 is 6.50. The Bertz CT molecular complexity index is 1380. The van der Waals surface area contributed by atoms with E-state index in [0.29, 0.717) is 32.7 Å². The number of carbonyl (C=O) groups excluding carboxylic acids is 1. The number of anilines is 4. The molecule has 2 aromatic rings. The van der Waals surface area contributed by atoms with Gasteiger partial charge in [-0.05, 0) is 56.8 Å². The van der Waals surface area contributed by atoms with Gasteiger partial charge in [0.25, 0.3) is 0 Å². The Morgan fingerprint density at radius 2 is 1.33 bits per heavy atom. The Kier molecular flexibility index (Phi) is 10.0. The van der Waals surface area contributed by atoms with Gasteiger partial charge < -0.3 is 31.3 Å². The lowest BCUT2D eigenvalue weighted by Gasteiger charge is -2.28. The number of nitrogens with two attached hydrogens (primary N) is 1. The van der Waals surface area contributed by atoms with Crippen LogP contribution in [0.5, 0.6) is 0 Å². The Hall–Kier alpha value is -2.86. The van der Waals surface area contributed by atoms with Gasteiger partial charge in [0.15, 0.2) is 23.1 Å². The van der Waals surface area contributed by atoms with E-state index in [0.717, 1.165) is 50.4 Å². The summed E-state index contributed by atoms with van der Waals surface area (Å²) in [6.45, 7) is 2.56. The summed E-state index contributed by atoms with van der Waals surface area (Å²) in [4.78, 5) is 35.7. The smallest absolute Gasteiger partial charge is 0.400 e. The van der Waals surface area contributed by atoms with Gasteiger partial charge in [-0.2, -0.15) is 26.3 Å². The van der Waals surface area contributed by atoms with Crippen molar-refractivity contribution in [3.63, 3.8) is 0 Å². The van der Waals surface area contributed by atoms with Crippen LogP contribution < -0.4 is 26.2 Å². The van der Waals surface area contributed by atoms with E-state index in [1.54, 1.807) is 6.07 Å². The highest BCUT2D eigenvalue weighted by Gasteiger charge is 2.34. The first-order chi connectivity index (χ1) is 20.0. The zero-order valence-corrected chi connectivity index (χ0v) is 25.5. The zero-order valence-electron chi connectivity index (χ0n) is 22.3. The second-order valence-corrected chi connectivity index (χ2v) is 11.9. The molecule has 0 spiro atoms. The number of ketones is 1. The largest absolute Gasteiger partial charge is 0.476 e. The number of halogens is 8. The average Bonchev–Trinajstić information content (AvgIpc) is 3.51. The minimum absolute atomic E-state index is 0.0630. The molecule has 0 aromatic carbocycles. The summed E-state index contributed by atoms with van der Waals surface area (Å²) in [5.41, 5.74) is 6.19. The van der Waals surface area contributed by atoms with Gasteiger partial charge in [-0.15, -0.1) is 0 Å². The van der Waals surface area contributed by atoms with Crippen LogP contribution in [0, 0.1) is 0 Å². The van der Waals surface area contributed by atoms with E-state index >= 15 is 0 Å². The van der Waals surface area contributed by atoms with Gasteiger partial charge in [0.1, 0.15) is 5.69 Å². The van der Waals surface area contributed by atoms with Crippen molar-refractivity contribution in [3.8, 4) is 0 Å². The fourth-order valence-corrected chi connectivity index (χ4v) is 5.95. The maximum absolute atomic E-state index is 12.2. The molecule has 43 heavy (non-hydrogen) atoms. The van der Waals surface area contributed by atoms with Crippen molar-refractivity contribution in [2.24, 2.45) is 5.73 Å². The number of aromatic nitrogens is 2. The number of nitrogens with zero attached hydrogens (tertiary/aromatic N) is 4. The van der Waals surface area contributed by atoms with E-state index in [9.17, 15) is 35.9 Å². The average molecular weight is 747 g/mol. The number of rotatable bonds is 4. The molecule has 6 rings (SSSR count). The predicted molar refractivity (Wildman–Crippen MR) is 154 cm³/mol. The molecule has 2 atom stereocenters. The third kappa shape index (κ3) is 8.41. The first kappa shape index (κ1) is 33.0. The summed E-state index contributed by atoms with van der Waals surface area (Å²) in [5, 5.41) is 15.5. The number of Topliss-reactive ketones (excluding diaryl/α,β-unsaturated/α-hetero) is 1. The molecule has 0 saturated carbocycles. The molecule has 0 radical (unpaired) electrons. The lowest BCUT2D eigenvalue weighted by molar-refractivity contribution is -0.133. The van der Waals surface area contributed by atoms with E-state index in [-0.39, 0.29) is 11.4 Å². The summed E-state index contributed by atoms with van der Waals surface area (Å²) in [6, 6.07) is 4.30. The van der Waals surface area contributed by atoms with Crippen LogP contribution >= 0.6 is 31.9 Å². The lowest BCUT2D eigenvalue weighted by Crippen LogP contribution is -2.32. The second kappa shape index (κ2) is 13.0. The summed E-state index contributed by atoms with van der Waals surface area (Å²) in [7, 11) is 0. The van der Waals surface area contributed by atoms with Crippen LogP contribution in [-0.2, 0) is 0 Å². The fourth-order valence-electron chi connectivity index (χ4n) is 4.95. The van der Waals surface area contributed by atoms with E-state index in [1.165, 1.54) is 0 Å². The van der Waals surface area contributed by atoms with Gasteiger partial charge in [-0.3, -0.25) is 4.79 Å². The Morgan fingerprint density at radius 1 is 0.884 bits per heavy atom. The van der Waals surface area contributed by atoms with Crippen LogP contribution in [0.15, 0.2) is 21.1 Å². The first-order valence-corrected chi connectivity index (χ1v) is 14.7. The van der Waals surface area contributed by atoms with Crippen molar-refractivity contribution in [1.29, 1.82) is 0 Å². The highest BCUT2D eigenvalue weighted by Crippen LogP contribution is 2.38. The molecule has 236 valence electrons. The maximum Gasteiger partial charge on any atom is 0.400 e. The van der Waals surface area contributed by atoms with E-state index in [2.05, 4.69) is 68.0 Å². The molecule has 2 saturated heterocycles. The molecule has 4 aliphatic rings. The van der Waals surface area contributed by atoms with Gasteiger partial charge in [-0.1, -0.05) is 0 Å². The minimum atomic E-state index is -4.33. The molecule has 4 bridgehead atoms. The molecular formula is C25H27Br2F6N7O3. The van der Waals surface area contributed by atoms with E-state index < -0.39 is 43.5 Å². The van der Waals surface area contributed by atoms with Gasteiger partial charge in [0, 0.05) is 49.2 Å². The van der Waals surface area contributed by atoms with E-state index in [4.69, 9.17) is 5.11 Å². The summed E-state index contributed by atoms with van der Waals surface area (Å²) in [5.74, 6) is -0.335. The fraction of sp³-hybridized carbons (Fsp3) is 0.520. The van der Waals surface area contributed by atoms with Crippen molar-refractivity contribution in [2.45, 2.75) is 50.1 Å². The molecule has 18 heteroatoms. The van der Waals surface area contributed by atoms with Crippen molar-refractivity contribution < 1.29 is 41.0 Å². The number of hydrogen-bond donors (Lipinski definition) is 4. The SMILES string of the molecule is NCC(F)(F)F.O=C(CCC(F)(F)F)c1nc2c(cc1Br)N1CC[C@@H](C1)N2.O=C(O)c1nc2c(cc1Br)N1CC[C@@H](C1)N2. The molecule has 2 fully saturated rings. The Labute approximate surface area is 258 Å². The third-order valence-corrected chi connectivity index (χ3v) is 8.19. The molecule has 10 nitrogen and oxygen atoms in total. The van der Waals surface area contributed by atoms with Crippen molar-refractivity contribution in [2.75, 3.05) is 53.2 Å². The summed E-state index contributed by atoms with van der Waals surface area (Å²) in [6.07, 6.45) is -8.15. The van der Waals surface area contributed by atoms with E-state index in [1.807, 2.05) is 6.07 Å². The first-order valence-electron chi connectivity index (χ1n) is 13.1. The normalized spacial score (nSPS) is 19.6. The maximum atomic E-state index is 12.2. The van der Waals surface area contributed by atoms with Crippen LogP contribution in [-0.4, -0.2) is 84.0 Å². The van der Waals surface area contributed by atoms with Crippen molar-refractivity contribution in [1.82, 2.24) is 9.97 Å². The third-order valence-electron chi connectivity index (χ3n) is 6.99. The molecule has 0 amide bonds. The van der Waals surface area contributed by atoms with Gasteiger partial charge in [0.2, 0.25) is 0 Å². The van der Waals surface area contributed by atoms with Crippen LogP contribution in [0.1, 0.15) is 46.7 Å². The summed E-state index contributed by atoms with van der Waals surface area (Å²) < 4.78 is 69.6. The van der Waals surface area contributed by atoms with Gasteiger partial charge >= 0.3 is 18.3 Å². The minimum Gasteiger partial charge on any atom is -0.476 e. The molecule has 2 aromatic heterocycles. The number of aromatic carboxylic acids is 1. The van der Waals surface area contributed by atoms with Crippen LogP contribution in [0.25, 0.3) is 0 Å². The number of pyridine rings is 2. The predicted octanol–water partition coefficient (Wildman–Crippen LogP) is 5.43. The Morgan fingerprint density at radius 3 is 1.74 bits per heavy atom. The van der Waals surface area contributed by atoms with Gasteiger partial charge in [-0.25, -0.2) is 14.8 Å². The standard InChI is InChI=1S/C13H13BrF3N3O.C10H10BrN3O2.C2H4F3N/c14-8-5-9-12(18-7-2-4-20(9)6-7)19-11(8)10(21)1-3-13(15,16)17;11-6-3-7-9(13-8(6)10(15)16)12-5-1-2-14(7)4-5;3-2(4,5)1-6/h5,7H,1-4,6H2,(H,18,19);3,5H,1-2,4H2,(H,12,13)(H,15,16);1,6H2/t7-;5-;/m00./s1. The van der Waals surface area contributed by atoms with Crippen LogP contribution in [0.3, 0.4) is 0 Å². The number of carbonyl (C=O) groups is 2. The molecule has 5 N–H and O–H groups in total. The lowest BCUT2D eigenvalue weighted by atomic mass is 10.1. The number of alkyl halides is 6. The monoisotopic (exact) mass is 745 g/mol. The van der Waals surface area contributed by atoms with Crippen molar-refractivity contribution >= 4 is 66.6 Å².